The summed E-state index contributed by atoms with van der Waals surface area (Å²) in [5.41, 5.74) is 6.36. The van der Waals surface area contributed by atoms with E-state index in [9.17, 15) is 9.59 Å². The van der Waals surface area contributed by atoms with Gasteiger partial charge >= 0.3 is 0 Å². The first-order chi connectivity index (χ1) is 9.42. The van der Waals surface area contributed by atoms with Gasteiger partial charge in [-0.3, -0.25) is 9.59 Å². The van der Waals surface area contributed by atoms with E-state index in [1.807, 2.05) is 31.2 Å². The van der Waals surface area contributed by atoms with Crippen molar-refractivity contribution in [2.75, 3.05) is 6.54 Å². The van der Waals surface area contributed by atoms with Crippen molar-refractivity contribution >= 4 is 40.2 Å². The number of rotatable bonds is 6. The third kappa shape index (κ3) is 7.45. The highest BCUT2D eigenvalue weighted by atomic mass is 79.9. The van der Waals surface area contributed by atoms with E-state index in [1.54, 1.807) is 0 Å². The molecule has 0 aromatic heterocycles. The lowest BCUT2D eigenvalue weighted by Crippen LogP contribution is -2.40. The molecule has 4 N–H and O–H groups in total. The van der Waals surface area contributed by atoms with E-state index in [4.69, 9.17) is 5.73 Å². The Morgan fingerprint density at radius 2 is 1.81 bits per heavy atom. The van der Waals surface area contributed by atoms with Crippen LogP contribution >= 0.6 is 28.3 Å². The predicted octanol–water partition coefficient (Wildman–Crippen LogP) is 1.90. The minimum atomic E-state index is -0.342. The monoisotopic (exact) mass is 377 g/mol. The van der Waals surface area contributed by atoms with Crippen molar-refractivity contribution < 1.29 is 9.59 Å². The van der Waals surface area contributed by atoms with Gasteiger partial charge in [-0.05, 0) is 24.6 Å². The van der Waals surface area contributed by atoms with Crippen molar-refractivity contribution in [1.29, 1.82) is 0 Å². The molecule has 0 saturated carbocycles. The molecule has 1 rings (SSSR count). The van der Waals surface area contributed by atoms with Crippen LogP contribution in [0.15, 0.2) is 28.7 Å². The minimum Gasteiger partial charge on any atom is -0.352 e. The lowest BCUT2D eigenvalue weighted by Gasteiger charge is -2.19. The maximum atomic E-state index is 11.9. The highest BCUT2D eigenvalue weighted by Gasteiger charge is 2.17. The number of nitrogens with one attached hydrogen (secondary N) is 2. The molecular weight excluding hydrogens is 358 g/mol. The highest BCUT2D eigenvalue weighted by Crippen LogP contribution is 2.19. The first-order valence-corrected chi connectivity index (χ1v) is 7.23. The van der Waals surface area contributed by atoms with Gasteiger partial charge in [-0.2, -0.15) is 0 Å². The first-order valence-electron chi connectivity index (χ1n) is 6.44. The predicted molar refractivity (Wildman–Crippen MR) is 89.2 cm³/mol. The normalized spacial score (nSPS) is 12.8. The van der Waals surface area contributed by atoms with Crippen LogP contribution in [0.4, 0.5) is 0 Å². The Kier molecular flexibility index (Phi) is 9.24. The van der Waals surface area contributed by atoms with Crippen LogP contribution in [0, 0.1) is 0 Å². The zero-order chi connectivity index (χ0) is 15.1. The van der Waals surface area contributed by atoms with E-state index in [0.29, 0.717) is 6.54 Å². The number of nitrogens with two attached hydrogens (primary N) is 1. The molecule has 0 heterocycles. The lowest BCUT2D eigenvalue weighted by molar-refractivity contribution is -0.123. The van der Waals surface area contributed by atoms with Gasteiger partial charge in [0.1, 0.15) is 0 Å². The quantitative estimate of drug-likeness (QED) is 0.707. The number of amides is 2. The number of carbonyl (C=O) groups is 2. The molecule has 0 saturated heterocycles. The van der Waals surface area contributed by atoms with Crippen LogP contribution in [0.2, 0.25) is 0 Å². The molecule has 7 heteroatoms. The molecule has 5 nitrogen and oxygen atoms in total. The Labute approximate surface area is 139 Å². The van der Waals surface area contributed by atoms with Crippen LogP contribution < -0.4 is 16.4 Å². The van der Waals surface area contributed by atoms with Gasteiger partial charge in [0.2, 0.25) is 11.8 Å². The molecule has 1 unspecified atom stereocenters. The molecule has 0 aliphatic heterocycles. The maximum absolute atomic E-state index is 11.9. The average molecular weight is 379 g/mol. The van der Waals surface area contributed by atoms with Crippen LogP contribution in [0.1, 0.15) is 31.9 Å². The summed E-state index contributed by atoms with van der Waals surface area (Å²) in [5, 5.41) is 5.58. The average Bonchev–Trinajstić information content (AvgIpc) is 2.38. The van der Waals surface area contributed by atoms with Gasteiger partial charge < -0.3 is 16.4 Å². The number of hydrogen-bond donors (Lipinski definition) is 3. The topological polar surface area (TPSA) is 84.2 Å². The fourth-order valence-corrected chi connectivity index (χ4v) is 2.04. The second-order valence-electron chi connectivity index (χ2n) is 4.71. The largest absolute Gasteiger partial charge is 0.352 e. The van der Waals surface area contributed by atoms with Gasteiger partial charge in [0.25, 0.3) is 0 Å². The van der Waals surface area contributed by atoms with Crippen molar-refractivity contribution in [3.8, 4) is 0 Å². The molecule has 0 bridgehead atoms. The van der Waals surface area contributed by atoms with Crippen molar-refractivity contribution in [3.05, 3.63) is 34.3 Å². The molecule has 2 amide bonds. The SMILES string of the molecule is CC(=O)NC(CC(=O)N[C@@H](C)CN)c1ccc(Br)cc1.Cl. The number of halogens is 2. The van der Waals surface area contributed by atoms with Crippen LogP contribution in [-0.2, 0) is 9.59 Å². The van der Waals surface area contributed by atoms with Gasteiger partial charge in [-0.25, -0.2) is 0 Å². The highest BCUT2D eigenvalue weighted by molar-refractivity contribution is 9.10. The molecule has 2 atom stereocenters. The van der Waals surface area contributed by atoms with Crippen LogP contribution in [0.5, 0.6) is 0 Å². The Balaban J connectivity index is 0.00000400. The summed E-state index contributed by atoms with van der Waals surface area (Å²) in [5.74, 6) is -0.304. The number of carbonyl (C=O) groups excluding carboxylic acids is 2. The van der Waals surface area contributed by atoms with Crippen molar-refractivity contribution in [2.45, 2.75) is 32.4 Å². The molecule has 0 aliphatic rings. The lowest BCUT2D eigenvalue weighted by atomic mass is 10.0. The summed E-state index contributed by atoms with van der Waals surface area (Å²) < 4.78 is 0.948. The molecule has 0 radical (unpaired) electrons. The fraction of sp³-hybridized carbons (Fsp3) is 0.429. The van der Waals surface area contributed by atoms with Crippen molar-refractivity contribution in [3.63, 3.8) is 0 Å². The second-order valence-corrected chi connectivity index (χ2v) is 5.63. The van der Waals surface area contributed by atoms with E-state index in [2.05, 4.69) is 26.6 Å². The Morgan fingerprint density at radius 3 is 2.29 bits per heavy atom. The summed E-state index contributed by atoms with van der Waals surface area (Å²) in [6.07, 6.45) is 0.186. The number of benzene rings is 1. The van der Waals surface area contributed by atoms with Crippen molar-refractivity contribution in [2.24, 2.45) is 5.73 Å². The van der Waals surface area contributed by atoms with Gasteiger partial charge in [0.15, 0.2) is 0 Å². The molecular formula is C14H21BrClN3O2. The summed E-state index contributed by atoms with van der Waals surface area (Å²) in [6.45, 7) is 3.66. The summed E-state index contributed by atoms with van der Waals surface area (Å²) >= 11 is 3.36. The third-order valence-corrected chi connectivity index (χ3v) is 3.33. The molecule has 1 aromatic carbocycles. The zero-order valence-corrected chi connectivity index (χ0v) is 14.5. The molecule has 0 fully saturated rings. The van der Waals surface area contributed by atoms with Gasteiger partial charge in [0.05, 0.1) is 12.5 Å². The molecule has 0 spiro atoms. The summed E-state index contributed by atoms with van der Waals surface area (Å²) in [4.78, 5) is 23.2. The number of hydrogen-bond acceptors (Lipinski definition) is 3. The Hall–Kier alpha value is -1.11. The first kappa shape index (κ1) is 19.9. The zero-order valence-electron chi connectivity index (χ0n) is 12.1. The second kappa shape index (κ2) is 9.76. The van der Waals surface area contributed by atoms with E-state index in [1.165, 1.54) is 6.92 Å². The molecule has 0 aliphatic carbocycles. The van der Waals surface area contributed by atoms with E-state index >= 15 is 0 Å². The minimum absolute atomic E-state index is 0. The fourth-order valence-electron chi connectivity index (χ4n) is 1.77. The summed E-state index contributed by atoms with van der Waals surface area (Å²) in [7, 11) is 0. The standard InChI is InChI=1S/C14H20BrN3O2.ClH/c1-9(8-16)17-14(20)7-13(18-10(2)19)11-3-5-12(15)6-4-11;/h3-6,9,13H,7-8,16H2,1-2H3,(H,17,20)(H,18,19);1H/t9-,13?;/m0./s1. The smallest absolute Gasteiger partial charge is 0.222 e. The van der Waals surface area contributed by atoms with E-state index < -0.39 is 0 Å². The van der Waals surface area contributed by atoms with Crippen molar-refractivity contribution in [1.82, 2.24) is 10.6 Å². The van der Waals surface area contributed by atoms with Gasteiger partial charge in [-0.1, -0.05) is 28.1 Å². The maximum Gasteiger partial charge on any atom is 0.222 e. The Bertz CT molecular complexity index is 468. The van der Waals surface area contributed by atoms with Crippen LogP contribution in [0.25, 0.3) is 0 Å². The summed E-state index contributed by atoms with van der Waals surface area (Å²) in [6, 6.07) is 7.10. The molecule has 118 valence electrons. The molecule has 21 heavy (non-hydrogen) atoms. The van der Waals surface area contributed by atoms with Crippen LogP contribution in [0.3, 0.4) is 0 Å². The Morgan fingerprint density at radius 1 is 1.24 bits per heavy atom. The van der Waals surface area contributed by atoms with Crippen LogP contribution in [-0.4, -0.2) is 24.4 Å². The molecule has 1 aromatic rings. The third-order valence-electron chi connectivity index (χ3n) is 2.80. The van der Waals surface area contributed by atoms with E-state index in [0.717, 1.165) is 10.0 Å². The van der Waals surface area contributed by atoms with E-state index in [-0.39, 0.29) is 42.7 Å². The van der Waals surface area contributed by atoms with Gasteiger partial charge in [-0.15, -0.1) is 12.4 Å². The van der Waals surface area contributed by atoms with Gasteiger partial charge in [0, 0.05) is 24.0 Å².